The molecule has 0 spiro atoms. The molecule has 2 rings (SSSR count). The van der Waals surface area contributed by atoms with E-state index >= 15 is 0 Å². The lowest BCUT2D eigenvalue weighted by molar-refractivity contribution is 0.856. The van der Waals surface area contributed by atoms with E-state index in [0.29, 0.717) is 6.54 Å². The summed E-state index contributed by atoms with van der Waals surface area (Å²) in [6, 6.07) is 2.04. The molecule has 1 aromatic heterocycles. The number of aromatic nitrogens is 2. The molecule has 1 fully saturated rings. The molecular formula is C11H19N5. The van der Waals surface area contributed by atoms with Gasteiger partial charge in [0.15, 0.2) is 0 Å². The van der Waals surface area contributed by atoms with Crippen molar-refractivity contribution in [1.82, 2.24) is 9.97 Å². The van der Waals surface area contributed by atoms with Crippen LogP contribution in [0.2, 0.25) is 0 Å². The van der Waals surface area contributed by atoms with E-state index in [0.717, 1.165) is 31.3 Å². The van der Waals surface area contributed by atoms with E-state index in [1.807, 2.05) is 13.1 Å². The van der Waals surface area contributed by atoms with E-state index < -0.39 is 0 Å². The first-order valence-electron chi connectivity index (χ1n) is 5.79. The summed E-state index contributed by atoms with van der Waals surface area (Å²) in [6.45, 7) is 3.67. The number of rotatable bonds is 4. The third-order valence-corrected chi connectivity index (χ3v) is 2.92. The standard InChI is InChI=1S/C11H19N5/c1-15(7-4-12)10-8-11(14-9-13-10)16-5-2-3-6-16/h8-9H,2-7,12H2,1H3. The molecule has 1 saturated heterocycles. The van der Waals surface area contributed by atoms with E-state index in [2.05, 4.69) is 19.8 Å². The number of nitrogens with two attached hydrogens (primary N) is 1. The van der Waals surface area contributed by atoms with Crippen molar-refractivity contribution >= 4 is 11.6 Å². The fourth-order valence-electron chi connectivity index (χ4n) is 1.97. The molecule has 5 heteroatoms. The number of likely N-dealkylation sites (N-methyl/N-ethyl adjacent to an activating group) is 1. The first-order valence-corrected chi connectivity index (χ1v) is 5.79. The van der Waals surface area contributed by atoms with Crippen LogP contribution in [-0.2, 0) is 0 Å². The normalized spacial score (nSPS) is 15.5. The zero-order valence-corrected chi connectivity index (χ0v) is 9.76. The van der Waals surface area contributed by atoms with Gasteiger partial charge in [-0.15, -0.1) is 0 Å². The van der Waals surface area contributed by atoms with Crippen LogP contribution in [0, 0.1) is 0 Å². The monoisotopic (exact) mass is 221 g/mol. The lowest BCUT2D eigenvalue weighted by Gasteiger charge is -2.20. The summed E-state index contributed by atoms with van der Waals surface area (Å²) in [7, 11) is 2.00. The Morgan fingerprint density at radius 3 is 2.81 bits per heavy atom. The van der Waals surface area contributed by atoms with E-state index in [9.17, 15) is 0 Å². The molecule has 0 aromatic carbocycles. The summed E-state index contributed by atoms with van der Waals surface area (Å²) in [6.07, 6.45) is 4.16. The van der Waals surface area contributed by atoms with Gasteiger partial charge in [0.1, 0.15) is 18.0 Å². The molecule has 0 radical (unpaired) electrons. The Labute approximate surface area is 96.3 Å². The van der Waals surface area contributed by atoms with Crippen LogP contribution in [0.5, 0.6) is 0 Å². The molecule has 0 unspecified atom stereocenters. The van der Waals surface area contributed by atoms with Gasteiger partial charge in [0.2, 0.25) is 0 Å². The minimum atomic E-state index is 0.638. The highest BCUT2D eigenvalue weighted by atomic mass is 15.2. The van der Waals surface area contributed by atoms with Crippen LogP contribution in [-0.4, -0.2) is 43.2 Å². The molecule has 1 aliphatic rings. The predicted octanol–water partition coefficient (Wildman–Crippen LogP) is 0.472. The zero-order valence-electron chi connectivity index (χ0n) is 9.76. The maximum atomic E-state index is 5.53. The van der Waals surface area contributed by atoms with Crippen LogP contribution in [0.3, 0.4) is 0 Å². The van der Waals surface area contributed by atoms with Gasteiger partial charge in [0, 0.05) is 39.3 Å². The largest absolute Gasteiger partial charge is 0.358 e. The quantitative estimate of drug-likeness (QED) is 0.801. The summed E-state index contributed by atoms with van der Waals surface area (Å²) >= 11 is 0. The molecule has 0 saturated carbocycles. The Hall–Kier alpha value is -1.36. The van der Waals surface area contributed by atoms with Gasteiger partial charge in [0.05, 0.1) is 0 Å². The highest BCUT2D eigenvalue weighted by Gasteiger charge is 2.14. The molecule has 0 atom stereocenters. The Morgan fingerprint density at radius 1 is 1.38 bits per heavy atom. The Kier molecular flexibility index (Phi) is 3.56. The number of hydrogen-bond acceptors (Lipinski definition) is 5. The minimum Gasteiger partial charge on any atom is -0.358 e. The summed E-state index contributed by atoms with van der Waals surface area (Å²) in [5.74, 6) is 1.98. The number of anilines is 2. The Bertz CT molecular complexity index is 335. The first-order chi connectivity index (χ1) is 7.81. The van der Waals surface area contributed by atoms with Gasteiger partial charge in [-0.1, -0.05) is 0 Å². The molecule has 2 N–H and O–H groups in total. The SMILES string of the molecule is CN(CCN)c1cc(N2CCCC2)ncn1. The van der Waals surface area contributed by atoms with Crippen molar-refractivity contribution in [3.8, 4) is 0 Å². The van der Waals surface area contributed by atoms with Crippen LogP contribution in [0.25, 0.3) is 0 Å². The molecule has 0 bridgehead atoms. The van der Waals surface area contributed by atoms with Gasteiger partial charge in [0.25, 0.3) is 0 Å². The molecule has 0 amide bonds. The maximum absolute atomic E-state index is 5.53. The van der Waals surface area contributed by atoms with Crippen molar-refractivity contribution in [2.24, 2.45) is 5.73 Å². The second-order valence-corrected chi connectivity index (χ2v) is 4.14. The molecular weight excluding hydrogens is 202 g/mol. The fraction of sp³-hybridized carbons (Fsp3) is 0.636. The van der Waals surface area contributed by atoms with Crippen molar-refractivity contribution in [1.29, 1.82) is 0 Å². The van der Waals surface area contributed by atoms with Gasteiger partial charge in [-0.05, 0) is 12.8 Å². The Balaban J connectivity index is 2.12. The average Bonchev–Trinajstić information content (AvgIpc) is 2.83. The van der Waals surface area contributed by atoms with Crippen LogP contribution < -0.4 is 15.5 Å². The summed E-state index contributed by atoms with van der Waals surface area (Å²) in [4.78, 5) is 12.9. The van der Waals surface area contributed by atoms with Crippen molar-refractivity contribution in [3.63, 3.8) is 0 Å². The predicted molar refractivity (Wildman–Crippen MR) is 65.8 cm³/mol. The third kappa shape index (κ3) is 2.41. The lowest BCUT2D eigenvalue weighted by atomic mass is 10.4. The zero-order chi connectivity index (χ0) is 11.4. The summed E-state index contributed by atoms with van der Waals surface area (Å²) < 4.78 is 0. The Morgan fingerprint density at radius 2 is 2.12 bits per heavy atom. The van der Waals surface area contributed by atoms with Crippen LogP contribution in [0.4, 0.5) is 11.6 Å². The third-order valence-electron chi connectivity index (χ3n) is 2.92. The van der Waals surface area contributed by atoms with E-state index in [1.165, 1.54) is 12.8 Å². The molecule has 0 aliphatic carbocycles. The molecule has 88 valence electrons. The summed E-state index contributed by atoms with van der Waals surface area (Å²) in [5, 5.41) is 0. The molecule has 1 aromatic rings. The van der Waals surface area contributed by atoms with E-state index in [1.54, 1.807) is 6.33 Å². The lowest BCUT2D eigenvalue weighted by Crippen LogP contribution is -2.26. The van der Waals surface area contributed by atoms with Gasteiger partial charge in [-0.2, -0.15) is 0 Å². The maximum Gasteiger partial charge on any atom is 0.134 e. The highest BCUT2D eigenvalue weighted by molar-refractivity contribution is 5.50. The van der Waals surface area contributed by atoms with Gasteiger partial charge >= 0.3 is 0 Å². The van der Waals surface area contributed by atoms with E-state index in [-0.39, 0.29) is 0 Å². The van der Waals surface area contributed by atoms with Gasteiger partial charge in [-0.25, -0.2) is 9.97 Å². The highest BCUT2D eigenvalue weighted by Crippen LogP contribution is 2.20. The topological polar surface area (TPSA) is 58.3 Å². The van der Waals surface area contributed by atoms with Crippen LogP contribution in [0.1, 0.15) is 12.8 Å². The van der Waals surface area contributed by atoms with Crippen molar-refractivity contribution < 1.29 is 0 Å². The average molecular weight is 221 g/mol. The number of hydrogen-bond donors (Lipinski definition) is 1. The smallest absolute Gasteiger partial charge is 0.134 e. The molecule has 16 heavy (non-hydrogen) atoms. The number of nitrogens with zero attached hydrogens (tertiary/aromatic N) is 4. The van der Waals surface area contributed by atoms with Gasteiger partial charge < -0.3 is 15.5 Å². The molecule has 1 aliphatic heterocycles. The second-order valence-electron chi connectivity index (χ2n) is 4.14. The fourth-order valence-corrected chi connectivity index (χ4v) is 1.97. The molecule has 2 heterocycles. The van der Waals surface area contributed by atoms with Gasteiger partial charge in [-0.3, -0.25) is 0 Å². The minimum absolute atomic E-state index is 0.638. The van der Waals surface area contributed by atoms with E-state index in [4.69, 9.17) is 5.73 Å². The van der Waals surface area contributed by atoms with Crippen molar-refractivity contribution in [3.05, 3.63) is 12.4 Å². The van der Waals surface area contributed by atoms with Crippen molar-refractivity contribution in [2.75, 3.05) is 43.0 Å². The second kappa shape index (κ2) is 5.12. The van der Waals surface area contributed by atoms with Crippen LogP contribution in [0.15, 0.2) is 12.4 Å². The summed E-state index contributed by atoms with van der Waals surface area (Å²) in [5.41, 5.74) is 5.53. The van der Waals surface area contributed by atoms with Crippen LogP contribution >= 0.6 is 0 Å². The first kappa shape index (κ1) is 11.1. The van der Waals surface area contributed by atoms with Crippen molar-refractivity contribution in [2.45, 2.75) is 12.8 Å². The molecule has 5 nitrogen and oxygen atoms in total.